The van der Waals surface area contributed by atoms with Crippen molar-refractivity contribution in [1.82, 2.24) is 9.78 Å². The van der Waals surface area contributed by atoms with E-state index in [0.29, 0.717) is 11.6 Å². The lowest BCUT2D eigenvalue weighted by Crippen LogP contribution is -2.03. The topological polar surface area (TPSA) is 53.1 Å². The third kappa shape index (κ3) is 2.92. The number of benzene rings is 1. The van der Waals surface area contributed by atoms with Gasteiger partial charge in [0.05, 0.1) is 10.2 Å². The van der Waals surface area contributed by atoms with Gasteiger partial charge in [-0.05, 0) is 53.9 Å². The van der Waals surface area contributed by atoms with Crippen molar-refractivity contribution in [3.63, 3.8) is 0 Å². The number of aromatic nitrogens is 2. The molecule has 0 bridgehead atoms. The van der Waals surface area contributed by atoms with Gasteiger partial charge < -0.3 is 10.5 Å². The second-order valence-corrected chi connectivity index (χ2v) is 5.42. The van der Waals surface area contributed by atoms with Gasteiger partial charge in [0.25, 0.3) is 0 Å². The molecule has 0 radical (unpaired) electrons. The van der Waals surface area contributed by atoms with Crippen LogP contribution in [0.25, 0.3) is 0 Å². The van der Waals surface area contributed by atoms with E-state index in [-0.39, 0.29) is 0 Å². The van der Waals surface area contributed by atoms with Gasteiger partial charge in [-0.2, -0.15) is 5.10 Å². The van der Waals surface area contributed by atoms with Gasteiger partial charge in [-0.3, -0.25) is 0 Å². The Bertz CT molecular complexity index is 593. The van der Waals surface area contributed by atoms with Gasteiger partial charge >= 0.3 is 0 Å². The van der Waals surface area contributed by atoms with Crippen LogP contribution in [0.1, 0.15) is 24.6 Å². The molecule has 19 heavy (non-hydrogen) atoms. The molecule has 0 fully saturated rings. The van der Waals surface area contributed by atoms with E-state index < -0.39 is 0 Å². The molecule has 0 aliphatic rings. The summed E-state index contributed by atoms with van der Waals surface area (Å²) in [5.74, 6) is 1.36. The normalized spacial score (nSPS) is 10.7. The smallest absolute Gasteiger partial charge is 0.241 e. The summed E-state index contributed by atoms with van der Waals surface area (Å²) in [4.78, 5) is 0. The maximum Gasteiger partial charge on any atom is 0.241 e. The van der Waals surface area contributed by atoms with E-state index in [0.717, 1.165) is 28.9 Å². The van der Waals surface area contributed by atoms with E-state index >= 15 is 0 Å². The zero-order valence-corrected chi connectivity index (χ0v) is 13.0. The molecule has 4 nitrogen and oxygen atoms in total. The third-order valence-electron chi connectivity index (χ3n) is 2.85. The van der Waals surface area contributed by atoms with Gasteiger partial charge in [0.1, 0.15) is 11.4 Å². The molecule has 0 aliphatic heterocycles. The van der Waals surface area contributed by atoms with Crippen molar-refractivity contribution in [2.24, 2.45) is 0 Å². The maximum atomic E-state index is 6.04. The number of rotatable bonds is 4. The summed E-state index contributed by atoms with van der Waals surface area (Å²) in [6.45, 7) is 6.81. The van der Waals surface area contributed by atoms with Crippen LogP contribution in [0.15, 0.2) is 22.7 Å². The summed E-state index contributed by atoms with van der Waals surface area (Å²) in [7, 11) is 0. The minimum atomic E-state index is 0.598. The predicted molar refractivity (Wildman–Crippen MR) is 80.6 cm³/mol. The number of halogens is 1. The predicted octanol–water partition coefficient (Wildman–Crippen LogP) is 4.05. The number of hydrogen-bond acceptors (Lipinski definition) is 3. The lowest BCUT2D eigenvalue weighted by Gasteiger charge is -2.10. The Morgan fingerprint density at radius 2 is 2.11 bits per heavy atom. The maximum absolute atomic E-state index is 6.04. The number of nitrogens with zero attached hydrogens (tertiary/aromatic N) is 2. The molecule has 102 valence electrons. The monoisotopic (exact) mass is 323 g/mol. The standard InChI is InChI=1S/C14H18BrN3O/c1-4-7-18-14(13(16)10(3)17-18)19-12-6-5-9(2)8-11(12)15/h5-6,8H,4,7,16H2,1-3H3. The summed E-state index contributed by atoms with van der Waals surface area (Å²) in [6, 6.07) is 5.94. The Kier molecular flexibility index (Phi) is 4.14. The van der Waals surface area contributed by atoms with Gasteiger partial charge in [0, 0.05) is 6.54 Å². The van der Waals surface area contributed by atoms with Crippen molar-refractivity contribution < 1.29 is 4.74 Å². The van der Waals surface area contributed by atoms with Crippen molar-refractivity contribution in [2.45, 2.75) is 33.7 Å². The van der Waals surface area contributed by atoms with Crippen molar-refractivity contribution in [3.05, 3.63) is 33.9 Å². The molecule has 0 atom stereocenters. The molecule has 1 aromatic heterocycles. The number of anilines is 1. The lowest BCUT2D eigenvalue weighted by atomic mass is 10.2. The lowest BCUT2D eigenvalue weighted by molar-refractivity contribution is 0.408. The van der Waals surface area contributed by atoms with E-state index in [4.69, 9.17) is 10.5 Å². The average molecular weight is 324 g/mol. The highest BCUT2D eigenvalue weighted by Gasteiger charge is 2.15. The van der Waals surface area contributed by atoms with Crippen LogP contribution in [0.2, 0.25) is 0 Å². The van der Waals surface area contributed by atoms with Gasteiger partial charge in [-0.1, -0.05) is 13.0 Å². The van der Waals surface area contributed by atoms with Crippen molar-refractivity contribution >= 4 is 21.6 Å². The Morgan fingerprint density at radius 3 is 2.74 bits per heavy atom. The fraction of sp³-hybridized carbons (Fsp3) is 0.357. The Hall–Kier alpha value is -1.49. The van der Waals surface area contributed by atoms with Crippen LogP contribution in [0.3, 0.4) is 0 Å². The molecule has 0 spiro atoms. The first-order valence-corrected chi connectivity index (χ1v) is 7.09. The van der Waals surface area contributed by atoms with Crippen molar-refractivity contribution in [3.8, 4) is 11.6 Å². The van der Waals surface area contributed by atoms with Crippen LogP contribution in [-0.2, 0) is 6.54 Å². The minimum Gasteiger partial charge on any atom is -0.436 e. The highest BCUT2D eigenvalue weighted by Crippen LogP contribution is 2.34. The Labute approximate surface area is 121 Å². The molecule has 0 amide bonds. The summed E-state index contributed by atoms with van der Waals surface area (Å²) >= 11 is 3.50. The number of nitrogens with two attached hydrogens (primary N) is 1. The summed E-state index contributed by atoms with van der Waals surface area (Å²) in [6.07, 6.45) is 0.978. The largest absolute Gasteiger partial charge is 0.436 e. The van der Waals surface area contributed by atoms with Gasteiger partial charge in [-0.25, -0.2) is 4.68 Å². The van der Waals surface area contributed by atoms with Gasteiger partial charge in [0.2, 0.25) is 5.88 Å². The molecule has 2 aromatic rings. The van der Waals surface area contributed by atoms with Crippen LogP contribution in [0.5, 0.6) is 11.6 Å². The van der Waals surface area contributed by atoms with Crippen molar-refractivity contribution in [2.75, 3.05) is 5.73 Å². The highest BCUT2D eigenvalue weighted by molar-refractivity contribution is 9.10. The summed E-state index contributed by atoms with van der Waals surface area (Å²) in [5.41, 5.74) is 8.61. The second kappa shape index (κ2) is 5.65. The average Bonchev–Trinajstić information content (AvgIpc) is 2.61. The van der Waals surface area contributed by atoms with Crippen LogP contribution in [-0.4, -0.2) is 9.78 Å². The molecule has 5 heteroatoms. The van der Waals surface area contributed by atoms with E-state index in [1.807, 2.05) is 36.7 Å². The number of ether oxygens (including phenoxy) is 1. The van der Waals surface area contributed by atoms with Gasteiger partial charge in [-0.15, -0.1) is 0 Å². The molecule has 1 heterocycles. The molecule has 2 N–H and O–H groups in total. The molecule has 1 aromatic carbocycles. The van der Waals surface area contributed by atoms with E-state index in [9.17, 15) is 0 Å². The molecule has 2 rings (SSSR count). The summed E-state index contributed by atoms with van der Waals surface area (Å²) < 4.78 is 8.66. The quantitative estimate of drug-likeness (QED) is 0.923. The Balaban J connectivity index is 2.37. The zero-order valence-electron chi connectivity index (χ0n) is 11.4. The van der Waals surface area contributed by atoms with Gasteiger partial charge in [0.15, 0.2) is 0 Å². The zero-order chi connectivity index (χ0) is 14.0. The van der Waals surface area contributed by atoms with Crippen LogP contribution in [0.4, 0.5) is 5.69 Å². The number of hydrogen-bond donors (Lipinski definition) is 1. The first-order valence-electron chi connectivity index (χ1n) is 6.29. The molecular formula is C14H18BrN3O. The summed E-state index contributed by atoms with van der Waals surface area (Å²) in [5, 5.41) is 4.39. The fourth-order valence-electron chi connectivity index (χ4n) is 1.84. The molecule has 0 aliphatic carbocycles. The first kappa shape index (κ1) is 13.9. The number of nitrogen functional groups attached to an aromatic ring is 1. The van der Waals surface area contributed by atoms with E-state index in [2.05, 4.69) is 28.0 Å². The Morgan fingerprint density at radius 1 is 1.37 bits per heavy atom. The molecule has 0 unspecified atom stereocenters. The minimum absolute atomic E-state index is 0.598. The third-order valence-corrected chi connectivity index (χ3v) is 3.47. The molecular weight excluding hydrogens is 306 g/mol. The van der Waals surface area contributed by atoms with Crippen molar-refractivity contribution in [1.29, 1.82) is 0 Å². The van der Waals surface area contributed by atoms with Crippen LogP contribution >= 0.6 is 15.9 Å². The van der Waals surface area contributed by atoms with E-state index in [1.165, 1.54) is 5.56 Å². The van der Waals surface area contributed by atoms with E-state index in [1.54, 1.807) is 0 Å². The fourth-order valence-corrected chi connectivity index (χ4v) is 2.41. The first-order chi connectivity index (χ1) is 9.02. The molecule has 0 saturated carbocycles. The SMILES string of the molecule is CCCn1nc(C)c(N)c1Oc1ccc(C)cc1Br. The van der Waals surface area contributed by atoms with Crippen LogP contribution in [0, 0.1) is 13.8 Å². The second-order valence-electron chi connectivity index (χ2n) is 4.56. The molecule has 0 saturated heterocycles. The number of aryl methyl sites for hydroxylation is 3. The highest BCUT2D eigenvalue weighted by atomic mass is 79.9. The van der Waals surface area contributed by atoms with Crippen LogP contribution < -0.4 is 10.5 Å².